The van der Waals surface area contributed by atoms with E-state index in [-0.39, 0.29) is 35.7 Å². The minimum atomic E-state index is -0.0981. The van der Waals surface area contributed by atoms with E-state index in [1.807, 2.05) is 40.1 Å². The van der Waals surface area contributed by atoms with Crippen molar-refractivity contribution in [3.8, 4) is 0 Å². The number of hydrogen-bond acceptors (Lipinski definition) is 3. The average molecular weight is 373 g/mol. The van der Waals surface area contributed by atoms with Gasteiger partial charge in [-0.15, -0.1) is 0 Å². The second kappa shape index (κ2) is 8.42. The third-order valence-electron chi connectivity index (χ3n) is 6.35. The van der Waals surface area contributed by atoms with Crippen molar-refractivity contribution < 1.29 is 14.7 Å². The van der Waals surface area contributed by atoms with E-state index in [1.54, 1.807) is 0 Å². The molecule has 1 spiro atoms. The third-order valence-corrected chi connectivity index (χ3v) is 6.35. The summed E-state index contributed by atoms with van der Waals surface area (Å²) in [6.07, 6.45) is 3.34. The molecule has 1 atom stereocenters. The minimum absolute atomic E-state index is 0.0135. The fraction of sp³-hybridized carbons (Fsp3) is 0.636. The molecular weight excluding hydrogens is 340 g/mol. The zero-order valence-corrected chi connectivity index (χ0v) is 16.6. The number of carbonyl (C=O) groups excluding carboxylic acids is 2. The summed E-state index contributed by atoms with van der Waals surface area (Å²) in [6, 6.07) is 10.1. The molecule has 5 nitrogen and oxygen atoms in total. The number of aliphatic hydroxyl groups excluding tert-OH is 1. The molecule has 148 valence electrons. The van der Waals surface area contributed by atoms with Crippen molar-refractivity contribution in [2.75, 3.05) is 32.8 Å². The van der Waals surface area contributed by atoms with Crippen molar-refractivity contribution in [3.63, 3.8) is 0 Å². The van der Waals surface area contributed by atoms with Crippen LogP contribution in [-0.2, 0) is 9.59 Å². The fourth-order valence-corrected chi connectivity index (χ4v) is 4.71. The summed E-state index contributed by atoms with van der Waals surface area (Å²) in [5.74, 6) is 0.532. The molecule has 2 heterocycles. The van der Waals surface area contributed by atoms with Crippen molar-refractivity contribution >= 4 is 11.8 Å². The Balaban J connectivity index is 1.66. The zero-order valence-electron chi connectivity index (χ0n) is 16.6. The summed E-state index contributed by atoms with van der Waals surface area (Å²) >= 11 is 0. The predicted octanol–water partition coefficient (Wildman–Crippen LogP) is 2.65. The fourth-order valence-electron chi connectivity index (χ4n) is 4.71. The predicted molar refractivity (Wildman–Crippen MR) is 105 cm³/mol. The monoisotopic (exact) mass is 372 g/mol. The van der Waals surface area contributed by atoms with E-state index in [2.05, 4.69) is 13.8 Å². The molecule has 1 aromatic carbocycles. The smallest absolute Gasteiger partial charge is 0.230 e. The van der Waals surface area contributed by atoms with Crippen LogP contribution in [0, 0.1) is 11.3 Å². The summed E-state index contributed by atoms with van der Waals surface area (Å²) in [5.41, 5.74) is 1.20. The Morgan fingerprint density at radius 1 is 1.15 bits per heavy atom. The minimum Gasteiger partial charge on any atom is -0.395 e. The van der Waals surface area contributed by atoms with Crippen LogP contribution >= 0.6 is 0 Å². The maximum atomic E-state index is 13.3. The highest BCUT2D eigenvalue weighted by atomic mass is 16.3. The lowest BCUT2D eigenvalue weighted by atomic mass is 9.72. The van der Waals surface area contributed by atoms with Gasteiger partial charge in [-0.1, -0.05) is 44.2 Å². The number of rotatable bonds is 5. The second-order valence-corrected chi connectivity index (χ2v) is 8.50. The maximum absolute atomic E-state index is 13.3. The number of nitrogens with zero attached hydrogens (tertiary/aromatic N) is 2. The van der Waals surface area contributed by atoms with Gasteiger partial charge in [0.15, 0.2) is 0 Å². The largest absolute Gasteiger partial charge is 0.395 e. The highest BCUT2D eigenvalue weighted by molar-refractivity contribution is 5.84. The van der Waals surface area contributed by atoms with Crippen LogP contribution in [0.4, 0.5) is 0 Å². The van der Waals surface area contributed by atoms with Gasteiger partial charge in [-0.2, -0.15) is 0 Å². The summed E-state index contributed by atoms with van der Waals surface area (Å²) in [5, 5.41) is 9.21. The van der Waals surface area contributed by atoms with Crippen molar-refractivity contribution in [2.24, 2.45) is 11.3 Å². The maximum Gasteiger partial charge on any atom is 0.230 e. The summed E-state index contributed by atoms with van der Waals surface area (Å²) < 4.78 is 0. The van der Waals surface area contributed by atoms with Gasteiger partial charge >= 0.3 is 0 Å². The molecule has 0 bridgehead atoms. The molecule has 2 aliphatic rings. The van der Waals surface area contributed by atoms with E-state index in [0.717, 1.165) is 44.5 Å². The van der Waals surface area contributed by atoms with E-state index in [4.69, 9.17) is 0 Å². The van der Waals surface area contributed by atoms with Gasteiger partial charge in [0.05, 0.1) is 12.5 Å². The molecule has 0 radical (unpaired) electrons. The van der Waals surface area contributed by atoms with Crippen molar-refractivity contribution in [2.45, 2.75) is 45.4 Å². The van der Waals surface area contributed by atoms with Gasteiger partial charge in [-0.25, -0.2) is 0 Å². The van der Waals surface area contributed by atoms with Gasteiger partial charge in [-0.3, -0.25) is 9.59 Å². The molecule has 1 N–H and O–H groups in total. The lowest BCUT2D eigenvalue weighted by Crippen LogP contribution is -2.53. The Bertz CT molecular complexity index is 651. The van der Waals surface area contributed by atoms with Crippen LogP contribution in [0.2, 0.25) is 0 Å². The van der Waals surface area contributed by atoms with Crippen LogP contribution in [0.25, 0.3) is 0 Å². The quantitative estimate of drug-likeness (QED) is 0.864. The molecule has 3 rings (SSSR count). The number of piperidine rings is 2. The highest BCUT2D eigenvalue weighted by Crippen LogP contribution is 2.41. The Labute approximate surface area is 162 Å². The normalized spacial score (nSPS) is 21.0. The third kappa shape index (κ3) is 4.34. The molecular formula is C22H32N2O3. The first-order valence-electron chi connectivity index (χ1n) is 10.2. The molecule has 0 saturated carbocycles. The first-order valence-corrected chi connectivity index (χ1v) is 10.2. The molecule has 1 aromatic rings. The van der Waals surface area contributed by atoms with Crippen molar-refractivity contribution in [1.82, 2.24) is 9.80 Å². The van der Waals surface area contributed by atoms with Crippen LogP contribution in [0.15, 0.2) is 30.3 Å². The molecule has 5 heteroatoms. The summed E-state index contributed by atoms with van der Waals surface area (Å²) in [6.45, 7) is 6.90. The van der Waals surface area contributed by atoms with Gasteiger partial charge in [0.2, 0.25) is 11.8 Å². The lowest BCUT2D eigenvalue weighted by molar-refractivity contribution is -0.143. The number of aliphatic hydroxyl groups is 1. The molecule has 2 fully saturated rings. The van der Waals surface area contributed by atoms with Crippen molar-refractivity contribution in [1.29, 1.82) is 0 Å². The highest BCUT2D eigenvalue weighted by Gasteiger charge is 2.42. The molecule has 2 amide bonds. The van der Waals surface area contributed by atoms with Crippen molar-refractivity contribution in [3.05, 3.63) is 35.9 Å². The molecule has 0 aliphatic carbocycles. The van der Waals surface area contributed by atoms with Crippen LogP contribution in [-0.4, -0.2) is 59.5 Å². The molecule has 2 aliphatic heterocycles. The zero-order chi connectivity index (χ0) is 19.4. The Morgan fingerprint density at radius 2 is 1.81 bits per heavy atom. The number of carbonyl (C=O) groups is 2. The van der Waals surface area contributed by atoms with E-state index in [9.17, 15) is 14.7 Å². The topological polar surface area (TPSA) is 60.9 Å². The number of likely N-dealkylation sites (tertiary alicyclic amines) is 2. The van der Waals surface area contributed by atoms with E-state index < -0.39 is 0 Å². The number of hydrogen-bond donors (Lipinski definition) is 1. The van der Waals surface area contributed by atoms with Gasteiger partial charge < -0.3 is 14.9 Å². The lowest BCUT2D eigenvalue weighted by Gasteiger charge is -2.48. The standard InChI is InChI=1S/C22H32N2O3/c1-17(2)20(18-6-4-3-5-7-18)21(27)23-12-10-22(11-13-23)9-8-19(26)24(16-22)14-15-25/h3-7,17,20,25H,8-16H2,1-2H3. The molecule has 27 heavy (non-hydrogen) atoms. The number of amides is 2. The molecule has 1 unspecified atom stereocenters. The average Bonchev–Trinajstić information content (AvgIpc) is 2.66. The van der Waals surface area contributed by atoms with Gasteiger partial charge in [-0.05, 0) is 36.2 Å². The van der Waals surface area contributed by atoms with Gasteiger partial charge in [0.25, 0.3) is 0 Å². The SMILES string of the molecule is CC(C)C(C(=O)N1CCC2(CCC(=O)N(CCO)C2)CC1)c1ccccc1. The van der Waals surface area contributed by atoms with Crippen LogP contribution in [0.3, 0.4) is 0 Å². The van der Waals surface area contributed by atoms with E-state index in [0.29, 0.717) is 13.0 Å². The molecule has 2 saturated heterocycles. The van der Waals surface area contributed by atoms with Crippen LogP contribution < -0.4 is 0 Å². The summed E-state index contributed by atoms with van der Waals surface area (Å²) in [4.78, 5) is 29.1. The second-order valence-electron chi connectivity index (χ2n) is 8.50. The van der Waals surface area contributed by atoms with E-state index >= 15 is 0 Å². The Hall–Kier alpha value is -1.88. The van der Waals surface area contributed by atoms with E-state index in [1.165, 1.54) is 0 Å². The first-order chi connectivity index (χ1) is 13.0. The number of β-amino-alcohol motifs (C(OH)–C–C–N with tert-alkyl or cyclic N) is 1. The summed E-state index contributed by atoms with van der Waals surface area (Å²) in [7, 11) is 0. The van der Waals surface area contributed by atoms with Gasteiger partial charge in [0.1, 0.15) is 0 Å². The Kier molecular flexibility index (Phi) is 6.20. The first kappa shape index (κ1) is 19.9. The van der Waals surface area contributed by atoms with Crippen LogP contribution in [0.5, 0.6) is 0 Å². The van der Waals surface area contributed by atoms with Gasteiger partial charge in [0, 0.05) is 32.6 Å². The Morgan fingerprint density at radius 3 is 2.41 bits per heavy atom. The number of benzene rings is 1. The van der Waals surface area contributed by atoms with Crippen LogP contribution in [0.1, 0.15) is 51.0 Å². The molecule has 0 aromatic heterocycles.